The molecule has 0 spiro atoms. The zero-order valence-electron chi connectivity index (χ0n) is 23.7. The number of sulfonamides is 1. The van der Waals surface area contributed by atoms with E-state index in [1.807, 2.05) is 37.3 Å². The Balaban J connectivity index is 1.79. The number of halogens is 2. The summed E-state index contributed by atoms with van der Waals surface area (Å²) in [7, 11) is -4.15. The molecule has 0 aliphatic rings. The minimum absolute atomic E-state index is 0.0418. The van der Waals surface area contributed by atoms with Gasteiger partial charge >= 0.3 is 0 Å². The van der Waals surface area contributed by atoms with Crippen LogP contribution in [0.5, 0.6) is 0 Å². The van der Waals surface area contributed by atoms with Crippen LogP contribution in [0.3, 0.4) is 0 Å². The van der Waals surface area contributed by atoms with E-state index in [4.69, 9.17) is 23.2 Å². The van der Waals surface area contributed by atoms with Gasteiger partial charge in [-0.2, -0.15) is 0 Å². The average Bonchev–Trinajstić information content (AvgIpc) is 3.02. The molecule has 0 aromatic heterocycles. The number of rotatable bonds is 13. The van der Waals surface area contributed by atoms with E-state index in [2.05, 4.69) is 5.32 Å². The molecule has 43 heavy (non-hydrogen) atoms. The van der Waals surface area contributed by atoms with Crippen molar-refractivity contribution in [3.05, 3.63) is 130 Å². The van der Waals surface area contributed by atoms with Crippen molar-refractivity contribution in [3.63, 3.8) is 0 Å². The normalized spacial score (nSPS) is 11.9. The average molecular weight is 639 g/mol. The lowest BCUT2D eigenvalue weighted by molar-refractivity contribution is -0.140. The van der Waals surface area contributed by atoms with Gasteiger partial charge in [-0.15, -0.1) is 0 Å². The van der Waals surface area contributed by atoms with Crippen molar-refractivity contribution < 1.29 is 18.0 Å². The highest BCUT2D eigenvalue weighted by atomic mass is 35.5. The van der Waals surface area contributed by atoms with Crippen LogP contribution >= 0.6 is 23.2 Å². The number of carbonyl (C=O) groups excluding carboxylic acids is 2. The molecule has 0 saturated carbocycles. The van der Waals surface area contributed by atoms with Gasteiger partial charge in [0.05, 0.1) is 10.6 Å². The fraction of sp³-hybridized carbons (Fsp3) is 0.212. The lowest BCUT2D eigenvalue weighted by Crippen LogP contribution is -2.53. The number of nitrogens with one attached hydrogen (secondary N) is 1. The molecule has 4 aromatic rings. The highest BCUT2D eigenvalue weighted by Crippen LogP contribution is 2.27. The fourth-order valence-electron chi connectivity index (χ4n) is 4.60. The van der Waals surface area contributed by atoms with Crippen LogP contribution in [0.1, 0.15) is 24.5 Å². The van der Waals surface area contributed by atoms with Gasteiger partial charge in [-0.25, -0.2) is 8.42 Å². The van der Waals surface area contributed by atoms with Gasteiger partial charge in [0, 0.05) is 29.6 Å². The highest BCUT2D eigenvalue weighted by Gasteiger charge is 2.34. The largest absolute Gasteiger partial charge is 0.354 e. The molecule has 0 bridgehead atoms. The van der Waals surface area contributed by atoms with Gasteiger partial charge in [0.15, 0.2) is 0 Å². The zero-order chi connectivity index (χ0) is 30.8. The molecule has 224 valence electrons. The van der Waals surface area contributed by atoms with Gasteiger partial charge < -0.3 is 10.2 Å². The standard InChI is InChI=1S/C33H33Cl2N3O4S/c1-2-20-36-33(40)31(21-25-12-6-3-7-13-25)37(23-26-18-19-27(34)22-30(26)35)32(39)24-38(28-14-8-4-9-15-28)43(41,42)29-16-10-5-11-17-29/h3-19,22,31H,2,20-21,23-24H2,1H3,(H,36,40)/t31-/m1/s1. The minimum Gasteiger partial charge on any atom is -0.354 e. The Morgan fingerprint density at radius 3 is 2.05 bits per heavy atom. The van der Waals surface area contributed by atoms with Crippen LogP contribution < -0.4 is 9.62 Å². The third kappa shape index (κ3) is 8.38. The molecule has 0 saturated heterocycles. The molecule has 1 N–H and O–H groups in total. The maximum Gasteiger partial charge on any atom is 0.264 e. The predicted molar refractivity (Wildman–Crippen MR) is 172 cm³/mol. The maximum atomic E-state index is 14.4. The minimum atomic E-state index is -4.15. The van der Waals surface area contributed by atoms with Crippen molar-refractivity contribution in [2.24, 2.45) is 0 Å². The van der Waals surface area contributed by atoms with Crippen molar-refractivity contribution in [1.82, 2.24) is 10.2 Å². The molecule has 0 unspecified atom stereocenters. The van der Waals surface area contributed by atoms with Gasteiger partial charge in [-0.05, 0) is 53.9 Å². The van der Waals surface area contributed by atoms with Crippen molar-refractivity contribution in [1.29, 1.82) is 0 Å². The number of nitrogens with zero attached hydrogens (tertiary/aromatic N) is 2. The predicted octanol–water partition coefficient (Wildman–Crippen LogP) is 6.36. The second kappa shape index (κ2) is 15.0. The third-order valence-electron chi connectivity index (χ3n) is 6.83. The number of hydrogen-bond acceptors (Lipinski definition) is 4. The van der Waals surface area contributed by atoms with Gasteiger partial charge in [-0.1, -0.05) is 103 Å². The Bertz CT molecular complexity index is 1620. The highest BCUT2D eigenvalue weighted by molar-refractivity contribution is 7.92. The summed E-state index contributed by atoms with van der Waals surface area (Å²) in [6, 6.07) is 29.7. The number of hydrogen-bond donors (Lipinski definition) is 1. The van der Waals surface area contributed by atoms with Crippen LogP contribution in [0.15, 0.2) is 114 Å². The first-order valence-electron chi connectivity index (χ1n) is 13.9. The maximum absolute atomic E-state index is 14.4. The summed E-state index contributed by atoms with van der Waals surface area (Å²) in [6.45, 7) is 1.78. The summed E-state index contributed by atoms with van der Waals surface area (Å²) in [5.41, 5.74) is 1.73. The molecule has 0 fully saturated rings. The first-order chi connectivity index (χ1) is 20.7. The first kappa shape index (κ1) is 32.1. The Morgan fingerprint density at radius 2 is 1.44 bits per heavy atom. The number of para-hydroxylation sites is 1. The SMILES string of the molecule is CCCNC(=O)[C@@H](Cc1ccccc1)N(Cc1ccc(Cl)cc1Cl)C(=O)CN(c1ccccc1)S(=O)(=O)c1ccccc1. The molecule has 4 aromatic carbocycles. The van der Waals surface area contributed by atoms with Gasteiger partial charge in [0.25, 0.3) is 10.0 Å². The zero-order valence-corrected chi connectivity index (χ0v) is 26.0. The quantitative estimate of drug-likeness (QED) is 0.185. The van der Waals surface area contributed by atoms with Crippen molar-refractivity contribution in [2.75, 3.05) is 17.4 Å². The number of benzene rings is 4. The second-order valence-corrected chi connectivity index (χ2v) is 12.6. The monoisotopic (exact) mass is 637 g/mol. The number of anilines is 1. The van der Waals surface area contributed by atoms with Crippen LogP contribution in [0.25, 0.3) is 0 Å². The molecule has 2 amide bonds. The van der Waals surface area contributed by atoms with E-state index in [-0.39, 0.29) is 23.8 Å². The summed E-state index contributed by atoms with van der Waals surface area (Å²) in [5.74, 6) is -0.914. The number of amides is 2. The van der Waals surface area contributed by atoms with Crippen molar-refractivity contribution >= 4 is 50.7 Å². The number of carbonyl (C=O) groups is 2. The Hall–Kier alpha value is -3.85. The van der Waals surface area contributed by atoms with Crippen molar-refractivity contribution in [3.8, 4) is 0 Å². The molecule has 4 rings (SSSR count). The third-order valence-corrected chi connectivity index (χ3v) is 9.21. The Kier molecular flexibility index (Phi) is 11.2. The van der Waals surface area contributed by atoms with E-state index in [1.165, 1.54) is 17.0 Å². The molecule has 0 radical (unpaired) electrons. The van der Waals surface area contributed by atoms with Gasteiger partial charge in [0.2, 0.25) is 11.8 Å². The van der Waals surface area contributed by atoms with E-state index in [0.29, 0.717) is 34.3 Å². The van der Waals surface area contributed by atoms with E-state index < -0.39 is 28.5 Å². The van der Waals surface area contributed by atoms with Crippen LogP contribution in [0.4, 0.5) is 5.69 Å². The van der Waals surface area contributed by atoms with E-state index in [1.54, 1.807) is 66.7 Å². The van der Waals surface area contributed by atoms with Crippen molar-refractivity contribution in [2.45, 2.75) is 37.2 Å². The van der Waals surface area contributed by atoms with E-state index in [0.717, 1.165) is 9.87 Å². The van der Waals surface area contributed by atoms with E-state index in [9.17, 15) is 18.0 Å². The van der Waals surface area contributed by atoms with Crippen LogP contribution in [0, 0.1) is 0 Å². The molecule has 10 heteroatoms. The summed E-state index contributed by atoms with van der Waals surface area (Å²) in [4.78, 5) is 29.5. The van der Waals surface area contributed by atoms with Crippen LogP contribution in [0.2, 0.25) is 10.0 Å². The summed E-state index contributed by atoms with van der Waals surface area (Å²) >= 11 is 12.7. The molecule has 0 heterocycles. The molecule has 0 aliphatic heterocycles. The second-order valence-electron chi connectivity index (χ2n) is 9.91. The van der Waals surface area contributed by atoms with Gasteiger partial charge in [-0.3, -0.25) is 13.9 Å². The molecule has 7 nitrogen and oxygen atoms in total. The summed E-state index contributed by atoms with van der Waals surface area (Å²) in [6.07, 6.45) is 0.919. The van der Waals surface area contributed by atoms with Crippen LogP contribution in [-0.4, -0.2) is 44.3 Å². The van der Waals surface area contributed by atoms with Crippen LogP contribution in [-0.2, 0) is 32.6 Å². The Morgan fingerprint density at radius 1 is 0.837 bits per heavy atom. The lowest BCUT2D eigenvalue weighted by Gasteiger charge is -2.34. The fourth-order valence-corrected chi connectivity index (χ4v) is 6.50. The molecule has 1 atom stereocenters. The lowest BCUT2D eigenvalue weighted by atomic mass is 10.0. The topological polar surface area (TPSA) is 86.8 Å². The smallest absolute Gasteiger partial charge is 0.264 e. The Labute approximate surface area is 263 Å². The summed E-state index contributed by atoms with van der Waals surface area (Å²) in [5, 5.41) is 3.68. The first-order valence-corrected chi connectivity index (χ1v) is 16.1. The summed E-state index contributed by atoms with van der Waals surface area (Å²) < 4.78 is 28.9. The molecular weight excluding hydrogens is 605 g/mol. The molecular formula is C33H33Cl2N3O4S. The van der Waals surface area contributed by atoms with E-state index >= 15 is 0 Å². The molecule has 0 aliphatic carbocycles. The van der Waals surface area contributed by atoms with Gasteiger partial charge in [0.1, 0.15) is 12.6 Å².